The minimum atomic E-state index is -4.79. The summed E-state index contributed by atoms with van der Waals surface area (Å²) in [5.41, 5.74) is 1.05. The van der Waals surface area contributed by atoms with Crippen LogP contribution in [-0.2, 0) is 4.74 Å². The fourth-order valence-electron chi connectivity index (χ4n) is 3.42. The highest BCUT2D eigenvalue weighted by Crippen LogP contribution is 2.33. The number of nitrogens with one attached hydrogen (secondary N) is 1. The number of carbonyl (C=O) groups excluding carboxylic acids is 1. The highest BCUT2D eigenvalue weighted by atomic mass is 35.5. The third kappa shape index (κ3) is 7.34. The molecule has 0 radical (unpaired) electrons. The Hall–Kier alpha value is -2.80. The number of nitrogens with zero attached hydrogens (tertiary/aromatic N) is 3. The summed E-state index contributed by atoms with van der Waals surface area (Å²) < 4.78 is 52.8. The molecule has 0 bridgehead atoms. The number of morpholine rings is 1. The van der Waals surface area contributed by atoms with E-state index in [0.717, 1.165) is 24.4 Å². The monoisotopic (exact) mass is 532 g/mol. The molecule has 1 aliphatic rings. The maximum absolute atomic E-state index is 13.2. The van der Waals surface area contributed by atoms with E-state index < -0.39 is 12.4 Å². The van der Waals surface area contributed by atoms with Gasteiger partial charge in [0.25, 0.3) is 0 Å². The number of urea groups is 1. The molecule has 2 aromatic carbocycles. The van der Waals surface area contributed by atoms with Crippen LogP contribution in [0.2, 0.25) is 0 Å². The van der Waals surface area contributed by atoms with E-state index >= 15 is 0 Å². The average molecular weight is 533 g/mol. The molecule has 0 spiro atoms. The number of halogens is 4. The van der Waals surface area contributed by atoms with Gasteiger partial charge in [-0.3, -0.25) is 9.80 Å². The minimum absolute atomic E-state index is 0. The summed E-state index contributed by atoms with van der Waals surface area (Å²) in [6.07, 6.45) is -4.79. The molecule has 1 saturated heterocycles. The van der Waals surface area contributed by atoms with Crippen LogP contribution in [0.3, 0.4) is 0 Å². The zero-order valence-electron chi connectivity index (χ0n) is 18.7. The van der Waals surface area contributed by atoms with Crippen LogP contribution >= 0.6 is 23.7 Å². The summed E-state index contributed by atoms with van der Waals surface area (Å²) in [5, 5.41) is 3.22. The van der Waals surface area contributed by atoms with Crippen molar-refractivity contribution in [1.82, 2.24) is 9.88 Å². The Balaban J connectivity index is 0.00000342. The topological polar surface area (TPSA) is 76.2 Å². The van der Waals surface area contributed by atoms with Crippen LogP contribution in [0.25, 0.3) is 10.2 Å². The lowest BCUT2D eigenvalue weighted by molar-refractivity contribution is -0.274. The number of thiazole rings is 1. The lowest BCUT2D eigenvalue weighted by Crippen LogP contribution is -2.44. The van der Waals surface area contributed by atoms with Crippen molar-refractivity contribution < 1.29 is 32.2 Å². The Morgan fingerprint density at radius 2 is 1.86 bits per heavy atom. The van der Waals surface area contributed by atoms with Gasteiger partial charge in [0.1, 0.15) is 11.5 Å². The van der Waals surface area contributed by atoms with Crippen molar-refractivity contribution >= 4 is 50.8 Å². The van der Waals surface area contributed by atoms with Crippen molar-refractivity contribution in [3.63, 3.8) is 0 Å². The average Bonchev–Trinajstić information content (AvgIpc) is 3.22. The molecule has 13 heteroatoms. The van der Waals surface area contributed by atoms with E-state index in [0.29, 0.717) is 53.1 Å². The predicted molar refractivity (Wildman–Crippen MR) is 130 cm³/mol. The Labute approximate surface area is 210 Å². The number of amides is 2. The predicted octanol–water partition coefficient (Wildman–Crippen LogP) is 5.00. The maximum atomic E-state index is 13.2. The van der Waals surface area contributed by atoms with E-state index in [-0.39, 0.29) is 18.2 Å². The number of hydrogen-bond acceptors (Lipinski definition) is 7. The van der Waals surface area contributed by atoms with Gasteiger partial charge >= 0.3 is 12.4 Å². The molecule has 1 fully saturated rings. The summed E-state index contributed by atoms with van der Waals surface area (Å²) in [6, 6.07) is 10.4. The van der Waals surface area contributed by atoms with E-state index in [2.05, 4.69) is 19.9 Å². The van der Waals surface area contributed by atoms with Gasteiger partial charge in [-0.25, -0.2) is 9.78 Å². The SMILES string of the molecule is COc1ccc(NC(=O)N(CCN2CCOCC2)c2nc3ccc(OC(F)(F)F)cc3s2)cc1.Cl. The van der Waals surface area contributed by atoms with Gasteiger partial charge in [-0.15, -0.1) is 25.6 Å². The summed E-state index contributed by atoms with van der Waals surface area (Å²) in [6.45, 7) is 3.70. The second kappa shape index (κ2) is 11.8. The van der Waals surface area contributed by atoms with Crippen molar-refractivity contribution in [3.8, 4) is 11.5 Å². The van der Waals surface area contributed by atoms with Crippen LogP contribution in [0, 0.1) is 0 Å². The number of hydrogen-bond donors (Lipinski definition) is 1. The van der Waals surface area contributed by atoms with E-state index in [9.17, 15) is 18.0 Å². The zero-order valence-corrected chi connectivity index (χ0v) is 20.3. The third-order valence-corrected chi connectivity index (χ3v) is 6.18. The summed E-state index contributed by atoms with van der Waals surface area (Å²) >= 11 is 1.12. The first-order valence-corrected chi connectivity index (χ1v) is 11.3. The number of fused-ring (bicyclic) bond motifs is 1. The van der Waals surface area contributed by atoms with Gasteiger partial charge < -0.3 is 19.5 Å². The smallest absolute Gasteiger partial charge is 0.497 e. The molecule has 2 heterocycles. The van der Waals surface area contributed by atoms with Crippen LogP contribution in [-0.4, -0.2) is 68.8 Å². The molecule has 1 aromatic heterocycles. The number of methoxy groups -OCH3 is 1. The minimum Gasteiger partial charge on any atom is -0.497 e. The fourth-order valence-corrected chi connectivity index (χ4v) is 4.44. The molecule has 190 valence electrons. The first-order chi connectivity index (χ1) is 16.3. The lowest BCUT2D eigenvalue weighted by Gasteiger charge is -2.29. The maximum Gasteiger partial charge on any atom is 0.573 e. The number of ether oxygens (including phenoxy) is 3. The van der Waals surface area contributed by atoms with Crippen LogP contribution in [0.15, 0.2) is 42.5 Å². The summed E-state index contributed by atoms with van der Waals surface area (Å²) in [4.78, 5) is 21.4. The van der Waals surface area contributed by atoms with E-state index in [4.69, 9.17) is 9.47 Å². The quantitative estimate of drug-likeness (QED) is 0.462. The van der Waals surface area contributed by atoms with Gasteiger partial charge in [0.15, 0.2) is 5.13 Å². The Morgan fingerprint density at radius 1 is 1.17 bits per heavy atom. The Morgan fingerprint density at radius 3 is 2.51 bits per heavy atom. The number of carbonyl (C=O) groups is 1. The molecule has 0 unspecified atom stereocenters. The molecule has 0 aliphatic carbocycles. The van der Waals surface area contributed by atoms with Crippen molar-refractivity contribution in [2.45, 2.75) is 6.36 Å². The normalized spacial score (nSPS) is 14.3. The van der Waals surface area contributed by atoms with Crippen LogP contribution < -0.4 is 19.7 Å². The van der Waals surface area contributed by atoms with E-state index in [1.165, 1.54) is 23.1 Å². The third-order valence-electron chi connectivity index (χ3n) is 5.14. The molecule has 1 aliphatic heterocycles. The van der Waals surface area contributed by atoms with E-state index in [1.54, 1.807) is 31.4 Å². The molecule has 4 rings (SSSR count). The molecule has 3 aromatic rings. The van der Waals surface area contributed by atoms with Gasteiger partial charge in [0.05, 0.1) is 30.5 Å². The van der Waals surface area contributed by atoms with Gasteiger partial charge in [0.2, 0.25) is 0 Å². The van der Waals surface area contributed by atoms with Gasteiger partial charge in [-0.05, 0) is 36.4 Å². The number of aromatic nitrogens is 1. The molecule has 0 saturated carbocycles. The first-order valence-electron chi connectivity index (χ1n) is 10.5. The van der Waals surface area contributed by atoms with Gasteiger partial charge in [-0.2, -0.15) is 0 Å². The highest BCUT2D eigenvalue weighted by Gasteiger charge is 2.31. The number of benzene rings is 2. The molecule has 2 amide bonds. The van der Waals surface area contributed by atoms with E-state index in [1.807, 2.05) is 0 Å². The number of alkyl halides is 3. The van der Waals surface area contributed by atoms with Crippen molar-refractivity contribution in [2.75, 3.05) is 56.7 Å². The van der Waals surface area contributed by atoms with Crippen molar-refractivity contribution in [2.24, 2.45) is 0 Å². The van der Waals surface area contributed by atoms with Crippen LogP contribution in [0.4, 0.5) is 28.8 Å². The highest BCUT2D eigenvalue weighted by molar-refractivity contribution is 7.22. The molecular weight excluding hydrogens is 509 g/mol. The Bertz CT molecular complexity index is 1120. The molecule has 0 atom stereocenters. The largest absolute Gasteiger partial charge is 0.573 e. The van der Waals surface area contributed by atoms with Gasteiger partial charge in [0, 0.05) is 37.9 Å². The summed E-state index contributed by atoms with van der Waals surface area (Å²) in [5.74, 6) is 0.322. The van der Waals surface area contributed by atoms with Crippen molar-refractivity contribution in [3.05, 3.63) is 42.5 Å². The van der Waals surface area contributed by atoms with Crippen molar-refractivity contribution in [1.29, 1.82) is 0 Å². The number of anilines is 2. The van der Waals surface area contributed by atoms with Crippen LogP contribution in [0.1, 0.15) is 0 Å². The first kappa shape index (κ1) is 26.8. The second-order valence-electron chi connectivity index (χ2n) is 7.44. The molecular formula is C22H24ClF3N4O4S. The molecule has 1 N–H and O–H groups in total. The zero-order chi connectivity index (χ0) is 24.1. The molecule has 8 nitrogen and oxygen atoms in total. The second-order valence-corrected chi connectivity index (χ2v) is 8.45. The standard InChI is InChI=1S/C22H23F3N4O4S.ClH/c1-31-16-4-2-15(3-5-16)26-20(30)29(9-8-28-10-12-32-13-11-28)21-27-18-7-6-17(14-19(18)34-21)33-22(23,24)25;/h2-7,14H,8-13H2,1H3,(H,26,30);1H. The fraction of sp³-hybridized carbons (Fsp3) is 0.364. The van der Waals surface area contributed by atoms with Crippen LogP contribution in [0.5, 0.6) is 11.5 Å². The summed E-state index contributed by atoms with van der Waals surface area (Å²) in [7, 11) is 1.55. The Kier molecular flexibility index (Phi) is 9.00. The number of rotatable bonds is 7. The van der Waals surface area contributed by atoms with Gasteiger partial charge in [-0.1, -0.05) is 11.3 Å². The molecule has 35 heavy (non-hydrogen) atoms. The lowest BCUT2D eigenvalue weighted by atomic mass is 10.3.